The van der Waals surface area contributed by atoms with Crippen LogP contribution in [0.1, 0.15) is 42.2 Å². The highest BCUT2D eigenvalue weighted by molar-refractivity contribution is 6.32. The van der Waals surface area contributed by atoms with Gasteiger partial charge in [0.2, 0.25) is 5.78 Å². The lowest BCUT2D eigenvalue weighted by molar-refractivity contribution is 0.0692. The number of carbonyl (C=O) groups excluding carboxylic acids is 2. The Bertz CT molecular complexity index is 880. The number of ketones is 2. The van der Waals surface area contributed by atoms with Crippen LogP contribution >= 0.6 is 0 Å². The van der Waals surface area contributed by atoms with Crippen molar-refractivity contribution in [3.05, 3.63) is 52.1 Å². The number of fused-ring (bicyclic) bond motifs is 2. The summed E-state index contributed by atoms with van der Waals surface area (Å²) in [7, 11) is 0. The van der Waals surface area contributed by atoms with Gasteiger partial charge in [-0.3, -0.25) is 9.59 Å². The van der Waals surface area contributed by atoms with Crippen molar-refractivity contribution in [2.45, 2.75) is 0 Å². The van der Waals surface area contributed by atoms with Crippen molar-refractivity contribution >= 4 is 17.5 Å². The normalized spacial score (nSPS) is 12.7. The second-order valence-electron chi connectivity index (χ2n) is 4.73. The van der Waals surface area contributed by atoms with Gasteiger partial charge in [-0.1, -0.05) is 0 Å². The number of phenolic OH excluding ortho intramolecular Hbond substituents is 3. The van der Waals surface area contributed by atoms with Crippen LogP contribution in [-0.2, 0) is 0 Å². The third-order valence-corrected chi connectivity index (χ3v) is 3.44. The minimum absolute atomic E-state index is 0.317. The van der Waals surface area contributed by atoms with Crippen molar-refractivity contribution in [1.82, 2.24) is 0 Å². The van der Waals surface area contributed by atoms with Gasteiger partial charge in [-0.2, -0.15) is 0 Å². The van der Waals surface area contributed by atoms with Crippen LogP contribution in [0, 0.1) is 0 Å². The Morgan fingerprint density at radius 2 is 1.50 bits per heavy atom. The van der Waals surface area contributed by atoms with Gasteiger partial charge in [0.1, 0.15) is 17.2 Å². The molecule has 0 bridgehead atoms. The maximum Gasteiger partial charge on any atom is 0.336 e. The highest BCUT2D eigenvalue weighted by Crippen LogP contribution is 2.39. The van der Waals surface area contributed by atoms with Crippen LogP contribution < -0.4 is 0 Å². The molecule has 0 unspecified atom stereocenters. The number of hydrogen-bond acceptors (Lipinski definition) is 6. The van der Waals surface area contributed by atoms with Gasteiger partial charge in [0.05, 0.1) is 22.3 Å². The van der Waals surface area contributed by atoms with E-state index in [1.54, 1.807) is 0 Å². The number of benzene rings is 2. The van der Waals surface area contributed by atoms with Gasteiger partial charge in [0.15, 0.2) is 5.78 Å². The van der Waals surface area contributed by atoms with E-state index in [0.29, 0.717) is 0 Å². The molecule has 0 fully saturated rings. The van der Waals surface area contributed by atoms with E-state index in [1.165, 1.54) is 0 Å². The lowest BCUT2D eigenvalue weighted by Gasteiger charge is -2.20. The summed E-state index contributed by atoms with van der Waals surface area (Å²) in [5.74, 6) is -4.83. The largest absolute Gasteiger partial charge is 0.508 e. The number of rotatable bonds is 1. The topological polar surface area (TPSA) is 132 Å². The van der Waals surface area contributed by atoms with Gasteiger partial charge in [-0.15, -0.1) is 0 Å². The van der Waals surface area contributed by atoms with Gasteiger partial charge >= 0.3 is 5.97 Å². The third kappa shape index (κ3) is 1.65. The maximum atomic E-state index is 12.5. The summed E-state index contributed by atoms with van der Waals surface area (Å²) in [4.78, 5) is 36.2. The predicted molar refractivity (Wildman–Crippen MR) is 71.7 cm³/mol. The number of carboxylic acid groups (broad SMARTS) is 1. The fourth-order valence-electron chi connectivity index (χ4n) is 2.52. The molecule has 0 saturated heterocycles. The van der Waals surface area contributed by atoms with Gasteiger partial charge in [0.25, 0.3) is 0 Å². The van der Waals surface area contributed by atoms with Crippen LogP contribution in [0.5, 0.6) is 17.2 Å². The smallest absolute Gasteiger partial charge is 0.336 e. The molecular weight excluding hydrogens is 292 g/mol. The number of carboxylic acids is 1. The van der Waals surface area contributed by atoms with E-state index in [2.05, 4.69) is 0 Å². The van der Waals surface area contributed by atoms with Crippen molar-refractivity contribution in [2.24, 2.45) is 0 Å². The quantitative estimate of drug-likeness (QED) is 0.532. The van der Waals surface area contributed by atoms with Gasteiger partial charge in [-0.05, 0) is 18.2 Å². The fourth-order valence-corrected chi connectivity index (χ4v) is 2.52. The molecule has 7 heteroatoms. The molecule has 22 heavy (non-hydrogen) atoms. The molecule has 4 N–H and O–H groups in total. The van der Waals surface area contributed by atoms with Crippen LogP contribution in [0.4, 0.5) is 0 Å². The molecule has 1 aliphatic rings. The van der Waals surface area contributed by atoms with Gasteiger partial charge in [0, 0.05) is 11.6 Å². The van der Waals surface area contributed by atoms with Crippen molar-refractivity contribution in [2.75, 3.05) is 0 Å². The molecule has 7 nitrogen and oxygen atoms in total. The zero-order chi connectivity index (χ0) is 16.2. The van der Waals surface area contributed by atoms with Crippen molar-refractivity contribution < 1.29 is 34.8 Å². The Morgan fingerprint density at radius 3 is 2.14 bits per heavy atom. The average molecular weight is 300 g/mol. The Balaban J connectivity index is 2.44. The minimum Gasteiger partial charge on any atom is -0.508 e. The SMILES string of the molecule is O=C(O)c1ccc(O)c2c1C(=O)c1cc(O)cc(O)c1C2=O. The molecule has 110 valence electrons. The van der Waals surface area contributed by atoms with Crippen LogP contribution in [0.2, 0.25) is 0 Å². The maximum absolute atomic E-state index is 12.5. The number of aromatic carboxylic acids is 1. The average Bonchev–Trinajstić information content (AvgIpc) is 2.43. The van der Waals surface area contributed by atoms with Crippen LogP contribution in [0.15, 0.2) is 24.3 Å². The van der Waals surface area contributed by atoms with E-state index < -0.39 is 51.5 Å². The number of hydrogen-bond donors (Lipinski definition) is 4. The Kier molecular flexibility index (Phi) is 2.68. The molecule has 2 aromatic carbocycles. The molecule has 0 amide bonds. The number of carbonyl (C=O) groups is 3. The molecule has 0 radical (unpaired) electrons. The molecule has 3 rings (SSSR count). The molecule has 0 heterocycles. The summed E-state index contributed by atoms with van der Waals surface area (Å²) < 4.78 is 0. The summed E-state index contributed by atoms with van der Waals surface area (Å²) in [6.45, 7) is 0. The Hall–Kier alpha value is -3.35. The zero-order valence-electron chi connectivity index (χ0n) is 10.8. The van der Waals surface area contributed by atoms with Crippen molar-refractivity contribution in [3.8, 4) is 17.2 Å². The standard InChI is InChI=1S/C15H8O7/c16-5-3-7-10(9(18)4-5)14(20)12-8(17)2-1-6(15(21)22)11(12)13(7)19/h1-4,16-18H,(H,21,22). The molecule has 1 aliphatic carbocycles. The molecular formula is C15H8O7. The zero-order valence-corrected chi connectivity index (χ0v) is 10.8. The minimum atomic E-state index is -1.44. The molecule has 2 aromatic rings. The fraction of sp³-hybridized carbons (Fsp3) is 0. The van der Waals surface area contributed by atoms with E-state index in [1.807, 2.05) is 0 Å². The summed E-state index contributed by atoms with van der Waals surface area (Å²) in [6.07, 6.45) is 0. The Morgan fingerprint density at radius 1 is 0.818 bits per heavy atom. The van der Waals surface area contributed by atoms with Crippen LogP contribution in [-0.4, -0.2) is 38.0 Å². The Labute approximate surface area is 122 Å². The first-order valence-electron chi connectivity index (χ1n) is 6.07. The van der Waals surface area contributed by atoms with Gasteiger partial charge in [-0.25, -0.2) is 4.79 Å². The monoisotopic (exact) mass is 300 g/mol. The highest BCUT2D eigenvalue weighted by atomic mass is 16.4. The molecule has 0 atom stereocenters. The highest BCUT2D eigenvalue weighted by Gasteiger charge is 2.37. The van der Waals surface area contributed by atoms with E-state index >= 15 is 0 Å². The summed E-state index contributed by atoms with van der Waals surface area (Å²) in [5.41, 5.74) is -2.08. The summed E-state index contributed by atoms with van der Waals surface area (Å²) >= 11 is 0. The van der Waals surface area contributed by atoms with E-state index in [0.717, 1.165) is 24.3 Å². The number of phenols is 3. The van der Waals surface area contributed by atoms with Crippen molar-refractivity contribution in [1.29, 1.82) is 0 Å². The number of aromatic hydroxyl groups is 3. The van der Waals surface area contributed by atoms with E-state index in [4.69, 9.17) is 5.11 Å². The van der Waals surface area contributed by atoms with E-state index in [9.17, 15) is 29.7 Å². The second kappa shape index (κ2) is 4.32. The van der Waals surface area contributed by atoms with Crippen LogP contribution in [0.3, 0.4) is 0 Å². The lowest BCUT2D eigenvalue weighted by Crippen LogP contribution is -2.24. The predicted octanol–water partition coefficient (Wildman–Crippen LogP) is 1.28. The molecule has 0 spiro atoms. The van der Waals surface area contributed by atoms with Crippen molar-refractivity contribution in [3.63, 3.8) is 0 Å². The first kappa shape index (κ1) is 13.6. The molecule has 0 aliphatic heterocycles. The summed E-state index contributed by atoms with van der Waals surface area (Å²) in [5, 5.41) is 38.2. The molecule has 0 aromatic heterocycles. The van der Waals surface area contributed by atoms with Crippen LogP contribution in [0.25, 0.3) is 0 Å². The molecule has 0 saturated carbocycles. The van der Waals surface area contributed by atoms with Gasteiger partial charge < -0.3 is 20.4 Å². The second-order valence-corrected chi connectivity index (χ2v) is 4.73. The summed E-state index contributed by atoms with van der Waals surface area (Å²) in [6, 6.07) is 3.85. The third-order valence-electron chi connectivity index (χ3n) is 3.44. The van der Waals surface area contributed by atoms with E-state index in [-0.39, 0.29) is 11.1 Å². The first-order chi connectivity index (χ1) is 10.3. The lowest BCUT2D eigenvalue weighted by atomic mass is 9.80. The first-order valence-corrected chi connectivity index (χ1v) is 6.07.